The molecular weight excluding hydrogens is 310 g/mol. The zero-order chi connectivity index (χ0) is 16.4. The Bertz CT molecular complexity index is 553. The Morgan fingerprint density at radius 2 is 1.91 bits per heavy atom. The van der Waals surface area contributed by atoms with Gasteiger partial charge in [0.1, 0.15) is 0 Å². The lowest BCUT2D eigenvalue weighted by Crippen LogP contribution is -2.29. The van der Waals surface area contributed by atoms with Gasteiger partial charge in [0, 0.05) is 11.7 Å². The number of rotatable bonds is 5. The van der Waals surface area contributed by atoms with Gasteiger partial charge >= 0.3 is 6.18 Å². The van der Waals surface area contributed by atoms with Gasteiger partial charge in [-0.3, -0.25) is 0 Å². The van der Waals surface area contributed by atoms with E-state index in [2.05, 4.69) is 5.32 Å². The molecule has 1 aromatic rings. The SMILES string of the molecule is CP(C)(=O)C1CCC(NCCc2ccccc2C(F)(F)F)C1. The molecule has 2 atom stereocenters. The van der Waals surface area contributed by atoms with Crippen LogP contribution >= 0.6 is 7.14 Å². The van der Waals surface area contributed by atoms with E-state index in [1.54, 1.807) is 6.07 Å². The van der Waals surface area contributed by atoms with Gasteiger partial charge < -0.3 is 9.88 Å². The van der Waals surface area contributed by atoms with Crippen LogP contribution in [-0.2, 0) is 17.2 Å². The summed E-state index contributed by atoms with van der Waals surface area (Å²) in [4.78, 5) is 0. The summed E-state index contributed by atoms with van der Waals surface area (Å²) >= 11 is 0. The number of hydrogen-bond donors (Lipinski definition) is 1. The maximum Gasteiger partial charge on any atom is 0.416 e. The van der Waals surface area contributed by atoms with Gasteiger partial charge in [0.15, 0.2) is 0 Å². The number of hydrogen-bond acceptors (Lipinski definition) is 2. The zero-order valence-electron chi connectivity index (χ0n) is 13.0. The van der Waals surface area contributed by atoms with E-state index >= 15 is 0 Å². The summed E-state index contributed by atoms with van der Waals surface area (Å²) in [5.74, 6) is 0. The smallest absolute Gasteiger partial charge is 0.324 e. The maximum absolute atomic E-state index is 12.9. The standard InChI is InChI=1S/C16H23F3NOP/c1-22(2,21)14-8-7-13(11-14)20-10-9-12-5-3-4-6-15(12)16(17,18)19/h3-6,13-14,20H,7-11H2,1-2H3. The summed E-state index contributed by atoms with van der Waals surface area (Å²) in [7, 11) is -2.06. The van der Waals surface area contributed by atoms with Crippen molar-refractivity contribution in [2.75, 3.05) is 19.9 Å². The molecule has 0 spiro atoms. The molecule has 1 N–H and O–H groups in total. The molecule has 1 aromatic carbocycles. The van der Waals surface area contributed by atoms with Crippen LogP contribution in [0.2, 0.25) is 0 Å². The molecule has 2 rings (SSSR count). The highest BCUT2D eigenvalue weighted by Crippen LogP contribution is 2.49. The fourth-order valence-corrected chi connectivity index (χ4v) is 4.67. The number of alkyl halides is 3. The van der Waals surface area contributed by atoms with E-state index in [1.807, 2.05) is 13.3 Å². The van der Waals surface area contributed by atoms with Gasteiger partial charge in [0.2, 0.25) is 0 Å². The zero-order valence-corrected chi connectivity index (χ0v) is 13.9. The highest BCUT2D eigenvalue weighted by atomic mass is 31.2. The third-order valence-electron chi connectivity index (χ3n) is 4.43. The molecule has 124 valence electrons. The second kappa shape index (κ2) is 6.76. The molecule has 6 heteroatoms. The molecule has 0 aliphatic heterocycles. The average molecular weight is 333 g/mol. The second-order valence-electron chi connectivity index (χ2n) is 6.46. The van der Waals surface area contributed by atoms with Crippen LogP contribution in [0.4, 0.5) is 13.2 Å². The normalized spacial score (nSPS) is 23.0. The highest BCUT2D eigenvalue weighted by molar-refractivity contribution is 7.63. The predicted molar refractivity (Wildman–Crippen MR) is 84.0 cm³/mol. The third kappa shape index (κ3) is 4.60. The molecule has 22 heavy (non-hydrogen) atoms. The van der Waals surface area contributed by atoms with E-state index in [0.29, 0.717) is 18.5 Å². The van der Waals surface area contributed by atoms with E-state index in [4.69, 9.17) is 0 Å². The lowest BCUT2D eigenvalue weighted by Gasteiger charge is -2.17. The molecule has 0 saturated heterocycles. The molecule has 0 bridgehead atoms. The van der Waals surface area contributed by atoms with Crippen LogP contribution in [-0.4, -0.2) is 31.6 Å². The van der Waals surface area contributed by atoms with Crippen LogP contribution in [0.25, 0.3) is 0 Å². The average Bonchev–Trinajstić information content (AvgIpc) is 2.87. The third-order valence-corrected chi connectivity index (χ3v) is 6.66. The van der Waals surface area contributed by atoms with Gasteiger partial charge in [0.25, 0.3) is 0 Å². The lowest BCUT2D eigenvalue weighted by atomic mass is 10.0. The number of nitrogens with one attached hydrogen (secondary N) is 1. The van der Waals surface area contributed by atoms with Gasteiger partial charge in [-0.05, 0) is 57.2 Å². The van der Waals surface area contributed by atoms with E-state index < -0.39 is 18.9 Å². The van der Waals surface area contributed by atoms with Crippen molar-refractivity contribution in [1.82, 2.24) is 5.32 Å². The molecular formula is C16H23F3NOP. The molecule has 2 nitrogen and oxygen atoms in total. The van der Waals surface area contributed by atoms with Gasteiger partial charge in [-0.2, -0.15) is 13.2 Å². The highest BCUT2D eigenvalue weighted by Gasteiger charge is 2.33. The van der Waals surface area contributed by atoms with Gasteiger partial charge in [-0.25, -0.2) is 0 Å². The fourth-order valence-electron chi connectivity index (χ4n) is 3.13. The van der Waals surface area contributed by atoms with Crippen molar-refractivity contribution in [3.05, 3.63) is 35.4 Å². The quantitative estimate of drug-likeness (QED) is 0.810. The summed E-state index contributed by atoms with van der Waals surface area (Å²) in [5, 5.41) is 3.32. The van der Waals surface area contributed by atoms with Crippen molar-refractivity contribution >= 4 is 7.14 Å². The van der Waals surface area contributed by atoms with Crippen LogP contribution in [0.3, 0.4) is 0 Å². The summed E-state index contributed by atoms with van der Waals surface area (Å²) in [6, 6.07) is 6.00. The first-order valence-electron chi connectivity index (χ1n) is 7.61. The van der Waals surface area contributed by atoms with Gasteiger partial charge in [-0.1, -0.05) is 18.2 Å². The molecule has 1 fully saturated rings. The first-order chi connectivity index (χ1) is 10.2. The second-order valence-corrected chi connectivity index (χ2v) is 10.1. The van der Waals surface area contributed by atoms with E-state index in [1.165, 1.54) is 12.1 Å². The van der Waals surface area contributed by atoms with Crippen LogP contribution in [0.15, 0.2) is 24.3 Å². The van der Waals surface area contributed by atoms with Crippen LogP contribution in [0.5, 0.6) is 0 Å². The van der Waals surface area contributed by atoms with Crippen molar-refractivity contribution < 1.29 is 17.7 Å². The summed E-state index contributed by atoms with van der Waals surface area (Å²) in [6.07, 6.45) is -1.18. The lowest BCUT2D eigenvalue weighted by molar-refractivity contribution is -0.138. The Morgan fingerprint density at radius 1 is 1.23 bits per heavy atom. The largest absolute Gasteiger partial charge is 0.416 e. The summed E-state index contributed by atoms with van der Waals surface area (Å²) < 4.78 is 50.8. The first-order valence-corrected chi connectivity index (χ1v) is 10.3. The first kappa shape index (κ1) is 17.6. The van der Waals surface area contributed by atoms with Gasteiger partial charge in [-0.15, -0.1) is 0 Å². The van der Waals surface area contributed by atoms with Crippen LogP contribution < -0.4 is 5.32 Å². The Kier molecular flexibility index (Phi) is 5.39. The molecule has 0 radical (unpaired) electrons. The Morgan fingerprint density at radius 3 is 2.50 bits per heavy atom. The summed E-state index contributed by atoms with van der Waals surface area (Å²) in [6.45, 7) is 4.15. The fraction of sp³-hybridized carbons (Fsp3) is 0.625. The Hall–Kier alpha value is -0.800. The topological polar surface area (TPSA) is 29.1 Å². The van der Waals surface area contributed by atoms with Gasteiger partial charge in [0.05, 0.1) is 12.7 Å². The van der Waals surface area contributed by atoms with Crippen LogP contribution in [0, 0.1) is 0 Å². The monoisotopic (exact) mass is 333 g/mol. The van der Waals surface area contributed by atoms with E-state index in [-0.39, 0.29) is 11.7 Å². The van der Waals surface area contributed by atoms with Crippen molar-refractivity contribution in [1.29, 1.82) is 0 Å². The van der Waals surface area contributed by atoms with Crippen LogP contribution in [0.1, 0.15) is 30.4 Å². The summed E-state index contributed by atoms with van der Waals surface area (Å²) in [5.41, 5.74) is 0.0360. The Labute approximate surface area is 129 Å². The number of halogens is 3. The number of benzene rings is 1. The minimum absolute atomic E-state index is 0.257. The minimum atomic E-state index is -4.30. The predicted octanol–water partition coefficient (Wildman–Crippen LogP) is 4.38. The van der Waals surface area contributed by atoms with Crippen molar-refractivity contribution in [3.8, 4) is 0 Å². The van der Waals surface area contributed by atoms with Crippen molar-refractivity contribution in [2.45, 2.75) is 43.6 Å². The molecule has 0 aromatic heterocycles. The van der Waals surface area contributed by atoms with Crippen molar-refractivity contribution in [3.63, 3.8) is 0 Å². The molecule has 0 heterocycles. The maximum atomic E-state index is 12.9. The van der Waals surface area contributed by atoms with Crippen molar-refractivity contribution in [2.24, 2.45) is 0 Å². The molecule has 0 amide bonds. The molecule has 1 saturated carbocycles. The van der Waals surface area contributed by atoms with E-state index in [0.717, 1.165) is 25.3 Å². The Balaban J connectivity index is 1.87. The molecule has 1 aliphatic rings. The molecule has 2 unspecified atom stereocenters. The molecule has 1 aliphatic carbocycles. The van der Waals surface area contributed by atoms with E-state index in [9.17, 15) is 17.7 Å². The minimum Gasteiger partial charge on any atom is -0.324 e.